The summed E-state index contributed by atoms with van der Waals surface area (Å²) in [6.45, 7) is 3.25. The minimum absolute atomic E-state index is 0.125. The van der Waals surface area contributed by atoms with E-state index in [0.717, 1.165) is 38.1 Å². The van der Waals surface area contributed by atoms with Gasteiger partial charge in [0.25, 0.3) is 5.91 Å². The van der Waals surface area contributed by atoms with Crippen molar-refractivity contribution >= 4 is 29.0 Å². The zero-order chi connectivity index (χ0) is 23.2. The first kappa shape index (κ1) is 22.9. The van der Waals surface area contributed by atoms with Crippen LogP contribution >= 0.6 is 11.6 Å². The molecule has 33 heavy (non-hydrogen) atoms. The number of pyridine rings is 1. The second-order valence-electron chi connectivity index (χ2n) is 7.69. The van der Waals surface area contributed by atoms with Crippen molar-refractivity contribution in [1.82, 2.24) is 9.88 Å². The van der Waals surface area contributed by atoms with Crippen LogP contribution in [-0.4, -0.2) is 48.6 Å². The maximum Gasteiger partial charge on any atom is 0.262 e. The molecule has 0 bridgehead atoms. The minimum atomic E-state index is -0.569. The SMILES string of the molecule is O=C(COc1ccc(Cl)cc1)Nc1ccc(N2CCN(Cc3ccc(F)cc3F)CC2)nc1. The molecular formula is C24H23ClF2N4O2. The Morgan fingerprint density at radius 3 is 2.45 bits per heavy atom. The fraction of sp³-hybridized carbons (Fsp3) is 0.250. The Labute approximate surface area is 195 Å². The molecule has 0 spiro atoms. The van der Waals surface area contributed by atoms with Gasteiger partial charge in [0.2, 0.25) is 0 Å². The van der Waals surface area contributed by atoms with E-state index in [1.807, 2.05) is 6.07 Å². The van der Waals surface area contributed by atoms with E-state index in [1.165, 1.54) is 12.1 Å². The number of benzene rings is 2. The molecule has 4 rings (SSSR count). The van der Waals surface area contributed by atoms with Crippen LogP contribution in [0.5, 0.6) is 5.75 Å². The Morgan fingerprint density at radius 2 is 1.79 bits per heavy atom. The summed E-state index contributed by atoms with van der Waals surface area (Å²) < 4.78 is 32.4. The monoisotopic (exact) mass is 472 g/mol. The molecule has 1 N–H and O–H groups in total. The van der Waals surface area contributed by atoms with Crippen molar-refractivity contribution in [1.29, 1.82) is 0 Å². The molecule has 1 aliphatic heterocycles. The standard InChI is InChI=1S/C24H23ClF2N4O2/c25-18-2-6-21(7-3-18)33-16-24(32)29-20-5-8-23(28-14-20)31-11-9-30(10-12-31)15-17-1-4-19(26)13-22(17)27/h1-8,13-14H,9-12,15-16H2,(H,29,32). The summed E-state index contributed by atoms with van der Waals surface area (Å²) in [5.41, 5.74) is 1.07. The van der Waals surface area contributed by atoms with Gasteiger partial charge in [-0.05, 0) is 42.5 Å². The normalized spacial score (nSPS) is 14.2. The average molecular weight is 473 g/mol. The summed E-state index contributed by atoms with van der Waals surface area (Å²) in [4.78, 5) is 20.8. The summed E-state index contributed by atoms with van der Waals surface area (Å²) >= 11 is 5.83. The van der Waals surface area contributed by atoms with Crippen LogP contribution in [0.3, 0.4) is 0 Å². The lowest BCUT2D eigenvalue weighted by atomic mass is 10.1. The second kappa shape index (κ2) is 10.6. The number of piperazine rings is 1. The van der Waals surface area contributed by atoms with Crippen molar-refractivity contribution < 1.29 is 18.3 Å². The number of hydrogen-bond donors (Lipinski definition) is 1. The maximum atomic E-state index is 13.9. The third-order valence-electron chi connectivity index (χ3n) is 5.32. The summed E-state index contributed by atoms with van der Waals surface area (Å²) in [6.07, 6.45) is 1.61. The van der Waals surface area contributed by atoms with E-state index in [9.17, 15) is 13.6 Å². The Bertz CT molecular complexity index is 1090. The van der Waals surface area contributed by atoms with Gasteiger partial charge in [-0.3, -0.25) is 9.69 Å². The molecule has 0 saturated carbocycles. The number of carbonyl (C=O) groups excluding carboxylic acids is 1. The summed E-state index contributed by atoms with van der Waals surface area (Å²) in [5.74, 6) is -0.0142. The topological polar surface area (TPSA) is 57.7 Å². The maximum absolute atomic E-state index is 13.9. The number of hydrogen-bond acceptors (Lipinski definition) is 5. The number of rotatable bonds is 7. The first-order valence-electron chi connectivity index (χ1n) is 10.5. The van der Waals surface area contributed by atoms with E-state index in [1.54, 1.807) is 36.5 Å². The summed E-state index contributed by atoms with van der Waals surface area (Å²) in [5, 5.41) is 3.35. The molecule has 2 aromatic carbocycles. The number of aromatic nitrogens is 1. The lowest BCUT2D eigenvalue weighted by Gasteiger charge is -2.35. The van der Waals surface area contributed by atoms with Gasteiger partial charge >= 0.3 is 0 Å². The molecule has 1 aromatic heterocycles. The van der Waals surface area contributed by atoms with Gasteiger partial charge in [0.15, 0.2) is 6.61 Å². The Morgan fingerprint density at radius 1 is 1.03 bits per heavy atom. The quantitative estimate of drug-likeness (QED) is 0.554. The smallest absolute Gasteiger partial charge is 0.262 e. The van der Waals surface area contributed by atoms with E-state index in [2.05, 4.69) is 20.1 Å². The molecule has 1 amide bonds. The highest BCUT2D eigenvalue weighted by Crippen LogP contribution is 2.19. The Balaban J connectivity index is 1.23. The van der Waals surface area contributed by atoms with Crippen LogP contribution in [0.1, 0.15) is 5.56 Å². The minimum Gasteiger partial charge on any atom is -0.484 e. The van der Waals surface area contributed by atoms with Gasteiger partial charge in [0, 0.05) is 49.4 Å². The second-order valence-corrected chi connectivity index (χ2v) is 8.13. The van der Waals surface area contributed by atoms with Gasteiger partial charge in [-0.25, -0.2) is 13.8 Å². The molecule has 172 valence electrons. The summed E-state index contributed by atoms with van der Waals surface area (Å²) in [6, 6.07) is 14.1. The van der Waals surface area contributed by atoms with E-state index in [4.69, 9.17) is 16.3 Å². The first-order chi connectivity index (χ1) is 16.0. The van der Waals surface area contributed by atoms with Crippen molar-refractivity contribution in [3.05, 3.63) is 83.0 Å². The molecule has 1 fully saturated rings. The fourth-order valence-electron chi connectivity index (χ4n) is 3.55. The van der Waals surface area contributed by atoms with E-state index < -0.39 is 11.6 Å². The van der Waals surface area contributed by atoms with Crippen molar-refractivity contribution in [2.45, 2.75) is 6.54 Å². The highest BCUT2D eigenvalue weighted by Gasteiger charge is 2.19. The van der Waals surface area contributed by atoms with Gasteiger partial charge in [-0.15, -0.1) is 0 Å². The van der Waals surface area contributed by atoms with Crippen LogP contribution < -0.4 is 15.0 Å². The van der Waals surface area contributed by atoms with Crippen molar-refractivity contribution in [3.63, 3.8) is 0 Å². The van der Waals surface area contributed by atoms with Gasteiger partial charge in [0.05, 0.1) is 11.9 Å². The fourth-order valence-corrected chi connectivity index (χ4v) is 3.68. The predicted molar refractivity (Wildman–Crippen MR) is 124 cm³/mol. The molecular weight excluding hydrogens is 450 g/mol. The Hall–Kier alpha value is -3.23. The average Bonchev–Trinajstić information content (AvgIpc) is 2.82. The number of nitrogens with one attached hydrogen (secondary N) is 1. The van der Waals surface area contributed by atoms with Crippen molar-refractivity contribution in [2.75, 3.05) is 43.0 Å². The van der Waals surface area contributed by atoms with Crippen molar-refractivity contribution in [2.24, 2.45) is 0 Å². The molecule has 3 aromatic rings. The Kier molecular flexibility index (Phi) is 7.36. The van der Waals surface area contributed by atoms with Crippen LogP contribution in [0.25, 0.3) is 0 Å². The van der Waals surface area contributed by atoms with Crippen LogP contribution in [-0.2, 0) is 11.3 Å². The van der Waals surface area contributed by atoms with Gasteiger partial charge in [-0.1, -0.05) is 17.7 Å². The van der Waals surface area contributed by atoms with E-state index in [0.29, 0.717) is 28.6 Å². The highest BCUT2D eigenvalue weighted by molar-refractivity contribution is 6.30. The molecule has 1 aliphatic rings. The number of halogens is 3. The van der Waals surface area contributed by atoms with Crippen LogP contribution in [0.15, 0.2) is 60.8 Å². The number of nitrogens with zero attached hydrogens (tertiary/aromatic N) is 3. The highest BCUT2D eigenvalue weighted by atomic mass is 35.5. The third kappa shape index (κ3) is 6.40. The zero-order valence-corrected chi connectivity index (χ0v) is 18.6. The molecule has 0 aliphatic carbocycles. The van der Waals surface area contributed by atoms with Gasteiger partial charge < -0.3 is 15.0 Å². The van der Waals surface area contributed by atoms with E-state index in [-0.39, 0.29) is 12.5 Å². The third-order valence-corrected chi connectivity index (χ3v) is 5.57. The molecule has 0 radical (unpaired) electrons. The van der Waals surface area contributed by atoms with Crippen LogP contribution in [0.2, 0.25) is 5.02 Å². The zero-order valence-electron chi connectivity index (χ0n) is 17.8. The number of anilines is 2. The lowest BCUT2D eigenvalue weighted by Crippen LogP contribution is -2.46. The largest absolute Gasteiger partial charge is 0.484 e. The molecule has 1 saturated heterocycles. The molecule has 0 atom stereocenters. The lowest BCUT2D eigenvalue weighted by molar-refractivity contribution is -0.118. The molecule has 0 unspecified atom stereocenters. The van der Waals surface area contributed by atoms with E-state index >= 15 is 0 Å². The van der Waals surface area contributed by atoms with Gasteiger partial charge in [0.1, 0.15) is 23.2 Å². The molecule has 6 nitrogen and oxygen atoms in total. The molecule has 2 heterocycles. The van der Waals surface area contributed by atoms with Crippen LogP contribution in [0, 0.1) is 11.6 Å². The molecule has 9 heteroatoms. The van der Waals surface area contributed by atoms with Crippen molar-refractivity contribution in [3.8, 4) is 5.75 Å². The number of amides is 1. The number of ether oxygens (including phenoxy) is 1. The number of carbonyl (C=O) groups is 1. The first-order valence-corrected chi connectivity index (χ1v) is 10.9. The van der Waals surface area contributed by atoms with Gasteiger partial charge in [-0.2, -0.15) is 0 Å². The predicted octanol–water partition coefficient (Wildman–Crippen LogP) is 4.35. The summed E-state index contributed by atoms with van der Waals surface area (Å²) in [7, 11) is 0. The van der Waals surface area contributed by atoms with Crippen LogP contribution in [0.4, 0.5) is 20.3 Å².